The Hall–Kier alpha value is -1.78. The molecule has 19 heavy (non-hydrogen) atoms. The Bertz CT molecular complexity index is 543. The number of halogens is 2. The molecule has 0 heterocycles. The summed E-state index contributed by atoms with van der Waals surface area (Å²) in [6, 6.07) is 11.8. The Morgan fingerprint density at radius 2 is 1.63 bits per heavy atom. The highest BCUT2D eigenvalue weighted by atomic mass is 19.1. The fourth-order valence-corrected chi connectivity index (χ4v) is 1.90. The van der Waals surface area contributed by atoms with E-state index in [0.717, 1.165) is 12.1 Å². The molecule has 2 nitrogen and oxygen atoms in total. The molecule has 0 spiro atoms. The van der Waals surface area contributed by atoms with Crippen LogP contribution in [0.25, 0.3) is 0 Å². The average molecular weight is 264 g/mol. The molecular formula is C15H14F2O2. The van der Waals surface area contributed by atoms with E-state index in [1.165, 1.54) is 6.07 Å². The van der Waals surface area contributed by atoms with Gasteiger partial charge in [0, 0.05) is 12.5 Å². The van der Waals surface area contributed by atoms with Crippen LogP contribution in [-0.4, -0.2) is 16.3 Å². The van der Waals surface area contributed by atoms with Crippen molar-refractivity contribution in [3.63, 3.8) is 0 Å². The lowest BCUT2D eigenvalue weighted by atomic mass is 9.98. The molecule has 0 fully saturated rings. The van der Waals surface area contributed by atoms with Crippen molar-refractivity contribution in [3.8, 4) is 0 Å². The molecule has 0 bridgehead atoms. The molecule has 2 atom stereocenters. The summed E-state index contributed by atoms with van der Waals surface area (Å²) in [6.45, 7) is 0. The molecule has 0 aliphatic carbocycles. The van der Waals surface area contributed by atoms with Gasteiger partial charge >= 0.3 is 0 Å². The first-order valence-electron chi connectivity index (χ1n) is 5.93. The number of aliphatic hydroxyl groups is 2. The van der Waals surface area contributed by atoms with E-state index in [0.29, 0.717) is 5.56 Å². The zero-order chi connectivity index (χ0) is 13.8. The smallest absolute Gasteiger partial charge is 0.129 e. The maximum absolute atomic E-state index is 13.4. The molecule has 2 aromatic rings. The number of aliphatic hydroxyl groups excluding tert-OH is 2. The lowest BCUT2D eigenvalue weighted by molar-refractivity contribution is 0.0185. The van der Waals surface area contributed by atoms with Gasteiger partial charge in [-0.1, -0.05) is 36.4 Å². The van der Waals surface area contributed by atoms with Crippen LogP contribution in [0.2, 0.25) is 0 Å². The second-order valence-corrected chi connectivity index (χ2v) is 4.36. The van der Waals surface area contributed by atoms with Gasteiger partial charge in [0.2, 0.25) is 0 Å². The minimum absolute atomic E-state index is 0.0812. The van der Waals surface area contributed by atoms with Crippen molar-refractivity contribution in [2.24, 2.45) is 0 Å². The fraction of sp³-hybridized carbons (Fsp3) is 0.200. The zero-order valence-corrected chi connectivity index (χ0v) is 10.1. The molecule has 4 heteroatoms. The average Bonchev–Trinajstić information content (AvgIpc) is 2.42. The summed E-state index contributed by atoms with van der Waals surface area (Å²) in [5.41, 5.74) is 0.724. The van der Waals surface area contributed by atoms with Crippen LogP contribution in [0.5, 0.6) is 0 Å². The molecule has 2 unspecified atom stereocenters. The molecule has 0 saturated carbocycles. The summed E-state index contributed by atoms with van der Waals surface area (Å²) >= 11 is 0. The van der Waals surface area contributed by atoms with Crippen LogP contribution < -0.4 is 0 Å². The molecular weight excluding hydrogens is 250 g/mol. The quantitative estimate of drug-likeness (QED) is 0.891. The number of benzene rings is 2. The van der Waals surface area contributed by atoms with Gasteiger partial charge in [-0.2, -0.15) is 0 Å². The second-order valence-electron chi connectivity index (χ2n) is 4.36. The summed E-state index contributed by atoms with van der Waals surface area (Å²) in [5.74, 6) is -1.39. The van der Waals surface area contributed by atoms with Crippen LogP contribution in [0.4, 0.5) is 8.78 Å². The van der Waals surface area contributed by atoms with Crippen molar-refractivity contribution >= 4 is 0 Å². The lowest BCUT2D eigenvalue weighted by Crippen LogP contribution is -2.21. The van der Waals surface area contributed by atoms with Gasteiger partial charge in [0.05, 0.1) is 6.10 Å². The highest BCUT2D eigenvalue weighted by Crippen LogP contribution is 2.21. The molecule has 0 saturated heterocycles. The SMILES string of the molecule is OC(Cc1ccc(F)cc1F)C(O)c1ccccc1. The standard InChI is InChI=1S/C15H14F2O2/c16-12-7-6-11(13(17)9-12)8-14(18)15(19)10-4-2-1-3-5-10/h1-7,9,14-15,18-19H,8H2. The van der Waals surface area contributed by atoms with Gasteiger partial charge in [0.15, 0.2) is 0 Å². The van der Waals surface area contributed by atoms with Crippen molar-refractivity contribution in [2.45, 2.75) is 18.6 Å². The third-order valence-corrected chi connectivity index (χ3v) is 2.95. The van der Waals surface area contributed by atoms with E-state index >= 15 is 0 Å². The Morgan fingerprint density at radius 1 is 0.947 bits per heavy atom. The second kappa shape index (κ2) is 5.91. The lowest BCUT2D eigenvalue weighted by Gasteiger charge is -2.18. The maximum atomic E-state index is 13.4. The van der Waals surface area contributed by atoms with Crippen molar-refractivity contribution in [2.75, 3.05) is 0 Å². The zero-order valence-electron chi connectivity index (χ0n) is 10.1. The first kappa shape index (κ1) is 13.6. The van der Waals surface area contributed by atoms with Crippen LogP contribution in [-0.2, 0) is 6.42 Å². The van der Waals surface area contributed by atoms with Gasteiger partial charge in [-0.15, -0.1) is 0 Å². The predicted molar refractivity (Wildman–Crippen MR) is 67.5 cm³/mol. The highest BCUT2D eigenvalue weighted by molar-refractivity contribution is 5.22. The van der Waals surface area contributed by atoms with Gasteiger partial charge < -0.3 is 10.2 Å². The third kappa shape index (κ3) is 3.36. The molecule has 0 amide bonds. The van der Waals surface area contributed by atoms with Crippen LogP contribution in [0.3, 0.4) is 0 Å². The van der Waals surface area contributed by atoms with Crippen LogP contribution in [0.15, 0.2) is 48.5 Å². The molecule has 0 aromatic heterocycles. The van der Waals surface area contributed by atoms with Gasteiger partial charge in [0.1, 0.15) is 17.7 Å². The molecule has 100 valence electrons. The number of hydrogen-bond donors (Lipinski definition) is 2. The van der Waals surface area contributed by atoms with Crippen molar-refractivity contribution in [1.82, 2.24) is 0 Å². The van der Waals surface area contributed by atoms with Gasteiger partial charge in [-0.3, -0.25) is 0 Å². The van der Waals surface area contributed by atoms with Crippen molar-refractivity contribution in [1.29, 1.82) is 0 Å². The monoisotopic (exact) mass is 264 g/mol. The van der Waals surface area contributed by atoms with Crippen LogP contribution in [0.1, 0.15) is 17.2 Å². The summed E-state index contributed by atoms with van der Waals surface area (Å²) < 4.78 is 26.2. The number of rotatable bonds is 4. The third-order valence-electron chi connectivity index (χ3n) is 2.95. The molecule has 0 aliphatic heterocycles. The van der Waals surface area contributed by atoms with Gasteiger partial charge in [0.25, 0.3) is 0 Å². The van der Waals surface area contributed by atoms with Crippen molar-refractivity contribution in [3.05, 3.63) is 71.3 Å². The molecule has 2 aromatic carbocycles. The molecule has 0 radical (unpaired) electrons. The van der Waals surface area contributed by atoms with E-state index in [-0.39, 0.29) is 12.0 Å². The van der Waals surface area contributed by atoms with E-state index in [4.69, 9.17) is 0 Å². The first-order valence-corrected chi connectivity index (χ1v) is 5.93. The van der Waals surface area contributed by atoms with E-state index in [1.54, 1.807) is 30.3 Å². The molecule has 2 N–H and O–H groups in total. The normalized spacial score (nSPS) is 14.1. The van der Waals surface area contributed by atoms with Gasteiger partial charge in [-0.25, -0.2) is 8.78 Å². The Morgan fingerprint density at radius 3 is 2.26 bits per heavy atom. The number of hydrogen-bond acceptors (Lipinski definition) is 2. The Balaban J connectivity index is 2.10. The highest BCUT2D eigenvalue weighted by Gasteiger charge is 2.20. The summed E-state index contributed by atoms with van der Waals surface area (Å²) in [6.07, 6.45) is -2.34. The largest absolute Gasteiger partial charge is 0.390 e. The Labute approximate surface area is 110 Å². The van der Waals surface area contributed by atoms with E-state index < -0.39 is 23.8 Å². The van der Waals surface area contributed by atoms with Gasteiger partial charge in [-0.05, 0) is 17.2 Å². The maximum Gasteiger partial charge on any atom is 0.129 e. The Kier molecular flexibility index (Phi) is 4.24. The minimum Gasteiger partial charge on any atom is -0.390 e. The van der Waals surface area contributed by atoms with Crippen LogP contribution in [0, 0.1) is 11.6 Å². The first-order chi connectivity index (χ1) is 9.08. The topological polar surface area (TPSA) is 40.5 Å². The summed E-state index contributed by atoms with van der Waals surface area (Å²) in [7, 11) is 0. The summed E-state index contributed by atoms with van der Waals surface area (Å²) in [5, 5.41) is 19.9. The van der Waals surface area contributed by atoms with Crippen molar-refractivity contribution < 1.29 is 19.0 Å². The summed E-state index contributed by atoms with van der Waals surface area (Å²) in [4.78, 5) is 0. The van der Waals surface area contributed by atoms with E-state index in [1.807, 2.05) is 0 Å². The molecule has 0 aliphatic rings. The van der Waals surface area contributed by atoms with E-state index in [2.05, 4.69) is 0 Å². The predicted octanol–water partition coefficient (Wildman–Crippen LogP) is 2.60. The molecule has 2 rings (SSSR count). The minimum atomic E-state index is -1.15. The van der Waals surface area contributed by atoms with Crippen LogP contribution >= 0.6 is 0 Å². The fourth-order valence-electron chi connectivity index (χ4n) is 1.90. The van der Waals surface area contributed by atoms with E-state index in [9.17, 15) is 19.0 Å².